The second-order valence-electron chi connectivity index (χ2n) is 4.71. The molecule has 0 fully saturated rings. The third-order valence-corrected chi connectivity index (χ3v) is 4.66. The Morgan fingerprint density at radius 2 is 1.94 bits per heavy atom. The van der Waals surface area contributed by atoms with Crippen LogP contribution in [0.5, 0.6) is 0 Å². The summed E-state index contributed by atoms with van der Waals surface area (Å²) in [6.45, 7) is 1.55. The van der Waals surface area contributed by atoms with Gasteiger partial charge in [0.2, 0.25) is 5.91 Å². The molecule has 0 aromatic heterocycles. The first kappa shape index (κ1) is 13.0. The van der Waals surface area contributed by atoms with E-state index in [9.17, 15) is 17.6 Å². The molecule has 98 valence electrons. The highest BCUT2D eigenvalue weighted by Gasteiger charge is 2.48. The molecule has 0 bridgehead atoms. The summed E-state index contributed by atoms with van der Waals surface area (Å²) in [7, 11) is -2.28. The average Bonchev–Trinajstić information content (AvgIpc) is 2.52. The Bertz CT molecular complexity index is 599. The molecule has 1 aromatic carbocycles. The molecular weight excluding hydrogens is 257 g/mol. The molecule has 1 atom stereocenters. The lowest BCUT2D eigenvalue weighted by atomic mass is 9.86. The first-order valence-corrected chi connectivity index (χ1v) is 7.28. The Hall–Kier alpha value is -1.43. The van der Waals surface area contributed by atoms with E-state index in [2.05, 4.69) is 0 Å². The number of rotatable bonds is 3. The smallest absolute Gasteiger partial charge is 0.238 e. The maximum absolute atomic E-state index is 12.5. The highest BCUT2D eigenvalue weighted by atomic mass is 32.2. The van der Waals surface area contributed by atoms with E-state index >= 15 is 0 Å². The Balaban J connectivity index is 2.54. The minimum Gasteiger partial charge on any atom is -0.314 e. The third kappa shape index (κ3) is 1.80. The van der Waals surface area contributed by atoms with Gasteiger partial charge in [-0.15, -0.1) is 0 Å². The van der Waals surface area contributed by atoms with Crippen molar-refractivity contribution in [1.82, 2.24) is 0 Å². The number of sulfone groups is 1. The predicted octanol–water partition coefficient (Wildman–Crippen LogP) is 1.26. The lowest BCUT2D eigenvalue weighted by molar-refractivity contribution is -0.121. The summed E-state index contributed by atoms with van der Waals surface area (Å²) in [4.78, 5) is 13.6. The second kappa shape index (κ2) is 4.05. The van der Waals surface area contributed by atoms with Crippen molar-refractivity contribution in [3.63, 3.8) is 0 Å². The molecule has 0 aliphatic carbocycles. The van der Waals surface area contributed by atoms with Gasteiger partial charge < -0.3 is 4.90 Å². The predicted molar refractivity (Wildman–Crippen MR) is 67.0 cm³/mol. The van der Waals surface area contributed by atoms with Crippen LogP contribution in [-0.4, -0.2) is 33.1 Å². The number of likely N-dealkylation sites (N-methyl/N-ethyl adjacent to an activating group) is 1. The molecular formula is C12H14FNO3S. The summed E-state index contributed by atoms with van der Waals surface area (Å²) in [5.41, 5.74) is 0.115. The zero-order chi connectivity index (χ0) is 13.6. The molecule has 18 heavy (non-hydrogen) atoms. The molecule has 1 amide bonds. The molecule has 1 aromatic rings. The number of amides is 1. The van der Waals surface area contributed by atoms with Crippen molar-refractivity contribution in [1.29, 1.82) is 0 Å². The first-order valence-electron chi connectivity index (χ1n) is 5.46. The topological polar surface area (TPSA) is 54.5 Å². The zero-order valence-corrected chi connectivity index (χ0v) is 11.0. The van der Waals surface area contributed by atoms with Crippen LogP contribution in [0.3, 0.4) is 0 Å². The van der Waals surface area contributed by atoms with Crippen molar-refractivity contribution in [2.75, 3.05) is 23.7 Å². The molecule has 2 rings (SSSR count). The van der Waals surface area contributed by atoms with Gasteiger partial charge in [0.1, 0.15) is 0 Å². The van der Waals surface area contributed by atoms with Gasteiger partial charge in [-0.1, -0.05) is 18.2 Å². The summed E-state index contributed by atoms with van der Waals surface area (Å²) in [6, 6.07) is 5.54. The van der Waals surface area contributed by atoms with Crippen LogP contribution in [0.2, 0.25) is 0 Å². The lowest BCUT2D eigenvalue weighted by Crippen LogP contribution is -2.41. The number of para-hydroxylation sites is 1. The van der Waals surface area contributed by atoms with E-state index in [-0.39, 0.29) is 5.91 Å². The summed E-state index contributed by atoms with van der Waals surface area (Å²) in [5.74, 6) is -0.822. The van der Waals surface area contributed by atoms with Gasteiger partial charge in [-0.05, 0) is 18.6 Å². The van der Waals surface area contributed by atoms with Crippen LogP contribution < -0.4 is 4.90 Å². The lowest BCUT2D eigenvalue weighted by Gasteiger charge is -2.22. The van der Waals surface area contributed by atoms with Crippen molar-refractivity contribution in [2.24, 2.45) is 0 Å². The minimum atomic E-state index is -3.87. The van der Waals surface area contributed by atoms with Gasteiger partial charge in [-0.2, -0.15) is 0 Å². The van der Waals surface area contributed by atoms with Crippen molar-refractivity contribution in [3.8, 4) is 0 Å². The van der Waals surface area contributed by atoms with Crippen molar-refractivity contribution in [2.45, 2.75) is 12.3 Å². The molecule has 0 N–H and O–H groups in total. The van der Waals surface area contributed by atoms with Crippen LogP contribution in [-0.2, 0) is 20.0 Å². The van der Waals surface area contributed by atoms with Crippen LogP contribution in [0.15, 0.2) is 24.3 Å². The van der Waals surface area contributed by atoms with Crippen LogP contribution in [0.1, 0.15) is 12.5 Å². The molecule has 6 heteroatoms. The molecule has 1 unspecified atom stereocenters. The monoisotopic (exact) mass is 271 g/mol. The van der Waals surface area contributed by atoms with E-state index in [4.69, 9.17) is 0 Å². The fourth-order valence-corrected chi connectivity index (χ4v) is 3.68. The molecule has 1 aliphatic rings. The Morgan fingerprint density at radius 1 is 1.33 bits per heavy atom. The Kier molecular flexibility index (Phi) is 2.93. The Labute approximate surface area is 105 Å². The molecule has 0 radical (unpaired) electrons. The number of alkyl halides is 1. The number of nitrogens with zero attached hydrogens (tertiary/aromatic N) is 1. The average molecular weight is 271 g/mol. The fraction of sp³-hybridized carbons (Fsp3) is 0.417. The van der Waals surface area contributed by atoms with E-state index in [0.29, 0.717) is 11.3 Å². The first-order chi connectivity index (χ1) is 8.32. The number of halogens is 1. The number of carbonyl (C=O) groups excluding carboxylic acids is 1. The summed E-state index contributed by atoms with van der Waals surface area (Å²) in [6.07, 6.45) is 0. The van der Waals surface area contributed by atoms with Gasteiger partial charge in [0.05, 0.1) is 11.2 Å². The van der Waals surface area contributed by atoms with Crippen molar-refractivity contribution < 1.29 is 17.6 Å². The van der Waals surface area contributed by atoms with Gasteiger partial charge in [0.15, 0.2) is 15.8 Å². The molecule has 0 saturated heterocycles. The number of hydrogen-bond donors (Lipinski definition) is 0. The van der Waals surface area contributed by atoms with Crippen molar-refractivity contribution >= 4 is 21.4 Å². The highest BCUT2D eigenvalue weighted by molar-refractivity contribution is 7.91. The van der Waals surface area contributed by atoms with Crippen LogP contribution in [0, 0.1) is 0 Å². The summed E-state index contributed by atoms with van der Waals surface area (Å²) >= 11 is 0. The number of fused-ring (bicyclic) bond motifs is 1. The highest BCUT2D eigenvalue weighted by Crippen LogP contribution is 2.41. The standard InChI is InChI=1S/C12H14FNO3S/c1-12(7-18(16,17)8-13)9-5-3-4-6-10(9)14(2)11(12)15/h3-6H,7-8H2,1-2H3. The number of anilines is 1. The van der Waals surface area contributed by atoms with Crippen molar-refractivity contribution in [3.05, 3.63) is 29.8 Å². The van der Waals surface area contributed by atoms with Crippen LogP contribution in [0.25, 0.3) is 0 Å². The Morgan fingerprint density at radius 3 is 2.56 bits per heavy atom. The van der Waals surface area contributed by atoms with E-state index in [0.717, 1.165) is 0 Å². The van der Waals surface area contributed by atoms with Gasteiger partial charge in [0.25, 0.3) is 0 Å². The summed E-state index contributed by atoms with van der Waals surface area (Å²) in [5, 5.41) is 0. The number of carbonyl (C=O) groups is 1. The zero-order valence-electron chi connectivity index (χ0n) is 10.2. The van der Waals surface area contributed by atoms with Gasteiger partial charge in [0, 0.05) is 12.7 Å². The third-order valence-electron chi connectivity index (χ3n) is 3.31. The fourth-order valence-electron chi connectivity index (χ4n) is 2.45. The largest absolute Gasteiger partial charge is 0.314 e. The van der Waals surface area contributed by atoms with Crippen LogP contribution >= 0.6 is 0 Å². The summed E-state index contributed by atoms with van der Waals surface area (Å²) < 4.78 is 35.4. The second-order valence-corrected chi connectivity index (χ2v) is 6.70. The maximum Gasteiger partial charge on any atom is 0.238 e. The minimum absolute atomic E-state index is 0.319. The molecule has 4 nitrogen and oxygen atoms in total. The van der Waals surface area contributed by atoms with E-state index < -0.39 is 27.0 Å². The van der Waals surface area contributed by atoms with Gasteiger partial charge >= 0.3 is 0 Å². The quantitative estimate of drug-likeness (QED) is 0.831. The molecule has 1 heterocycles. The molecule has 0 saturated carbocycles. The van der Waals surface area contributed by atoms with Gasteiger partial charge in [-0.25, -0.2) is 12.8 Å². The number of hydrogen-bond acceptors (Lipinski definition) is 3. The maximum atomic E-state index is 12.5. The van der Waals surface area contributed by atoms with Crippen LogP contribution in [0.4, 0.5) is 10.1 Å². The van der Waals surface area contributed by atoms with Gasteiger partial charge in [-0.3, -0.25) is 4.79 Å². The van der Waals surface area contributed by atoms with E-state index in [1.807, 2.05) is 0 Å². The van der Waals surface area contributed by atoms with E-state index in [1.54, 1.807) is 38.2 Å². The normalized spacial score (nSPS) is 23.3. The SMILES string of the molecule is CN1C(=O)C(C)(CS(=O)(=O)CF)c2ccccc21. The molecule has 0 spiro atoms. The number of benzene rings is 1. The van der Waals surface area contributed by atoms with E-state index in [1.165, 1.54) is 4.90 Å². The molecule has 1 aliphatic heterocycles.